The third-order valence-electron chi connectivity index (χ3n) is 2.08. The highest BCUT2D eigenvalue weighted by Gasteiger charge is 2.27. The van der Waals surface area contributed by atoms with Crippen molar-refractivity contribution in [3.8, 4) is 0 Å². The zero-order valence-corrected chi connectivity index (χ0v) is 10.0. The smallest absolute Gasteiger partial charge is 0.264 e. The second-order valence-corrected chi connectivity index (χ2v) is 5.27. The molecule has 0 bridgehead atoms. The Morgan fingerprint density at radius 2 is 2.41 bits per heavy atom. The molecule has 1 aromatic heterocycles. The van der Waals surface area contributed by atoms with Crippen LogP contribution in [0, 0.1) is 0 Å². The van der Waals surface area contributed by atoms with Gasteiger partial charge in [0.1, 0.15) is 18.8 Å². The fourth-order valence-corrected chi connectivity index (χ4v) is 1.77. The molecule has 2 rings (SSSR count). The molecule has 1 aromatic rings. The average molecular weight is 263 g/mol. The van der Waals surface area contributed by atoms with Crippen LogP contribution in [0.5, 0.6) is 0 Å². The van der Waals surface area contributed by atoms with E-state index in [1.807, 2.05) is 0 Å². The summed E-state index contributed by atoms with van der Waals surface area (Å²) in [6.07, 6.45) is 3.13. The van der Waals surface area contributed by atoms with E-state index in [2.05, 4.69) is 14.3 Å². The predicted octanol–water partition coefficient (Wildman–Crippen LogP) is -1.00. The Hall–Kier alpha value is -1.03. The maximum Gasteiger partial charge on any atom is 0.264 e. The molecule has 0 N–H and O–H groups in total. The first-order valence-electron chi connectivity index (χ1n) is 4.97. The van der Waals surface area contributed by atoms with Crippen LogP contribution < -0.4 is 0 Å². The zero-order chi connectivity index (χ0) is 12.3. The Kier molecular flexibility index (Phi) is 3.72. The van der Waals surface area contributed by atoms with Gasteiger partial charge in [0.15, 0.2) is 6.29 Å². The predicted molar refractivity (Wildman–Crippen MR) is 55.4 cm³/mol. The van der Waals surface area contributed by atoms with Gasteiger partial charge in [-0.15, -0.1) is 0 Å². The molecule has 0 radical (unpaired) electrons. The number of ether oxygens (including phenoxy) is 2. The molecule has 2 atom stereocenters. The lowest BCUT2D eigenvalue weighted by Crippen LogP contribution is -2.23. The second-order valence-electron chi connectivity index (χ2n) is 3.63. The lowest BCUT2D eigenvalue weighted by Gasteiger charge is -2.10. The topological polar surface area (TPSA) is 92.5 Å². The van der Waals surface area contributed by atoms with Crippen LogP contribution in [-0.4, -0.2) is 55.0 Å². The molecule has 0 amide bonds. The van der Waals surface area contributed by atoms with E-state index in [-0.39, 0.29) is 12.7 Å². The van der Waals surface area contributed by atoms with Gasteiger partial charge in [-0.2, -0.15) is 13.5 Å². The van der Waals surface area contributed by atoms with Gasteiger partial charge in [0.2, 0.25) is 0 Å². The standard InChI is InChI=1S/C8H13N3O5S/c1-17(12,13)15-4-7-3-14-8(16-7)2-11-6-9-5-10-11/h5-8H,2-4H2,1H3. The van der Waals surface area contributed by atoms with E-state index in [1.54, 1.807) is 11.0 Å². The fourth-order valence-electron chi connectivity index (χ4n) is 1.37. The van der Waals surface area contributed by atoms with Crippen LogP contribution in [0.3, 0.4) is 0 Å². The van der Waals surface area contributed by atoms with Crippen LogP contribution in [0.15, 0.2) is 12.7 Å². The number of rotatable bonds is 5. The lowest BCUT2D eigenvalue weighted by molar-refractivity contribution is -0.0741. The molecule has 9 heteroatoms. The molecule has 0 aromatic carbocycles. The summed E-state index contributed by atoms with van der Waals surface area (Å²) >= 11 is 0. The van der Waals surface area contributed by atoms with Gasteiger partial charge in [-0.3, -0.25) is 4.18 Å². The monoisotopic (exact) mass is 263 g/mol. The van der Waals surface area contributed by atoms with Crippen LogP contribution in [0.25, 0.3) is 0 Å². The van der Waals surface area contributed by atoms with E-state index in [9.17, 15) is 8.42 Å². The lowest BCUT2D eigenvalue weighted by atomic mass is 10.4. The zero-order valence-electron chi connectivity index (χ0n) is 9.22. The van der Waals surface area contributed by atoms with Crippen LogP contribution in [-0.2, 0) is 30.3 Å². The SMILES string of the molecule is CS(=O)(=O)OCC1COC(Cn2cncn2)O1. The molecule has 96 valence electrons. The Morgan fingerprint density at radius 1 is 1.59 bits per heavy atom. The van der Waals surface area contributed by atoms with E-state index in [0.29, 0.717) is 13.2 Å². The van der Waals surface area contributed by atoms with Gasteiger partial charge >= 0.3 is 0 Å². The van der Waals surface area contributed by atoms with Crippen molar-refractivity contribution < 1.29 is 22.1 Å². The highest BCUT2D eigenvalue weighted by atomic mass is 32.2. The molecule has 2 heterocycles. The summed E-state index contributed by atoms with van der Waals surface area (Å²) in [5, 5.41) is 3.91. The molecule has 0 saturated carbocycles. The Bertz CT molecular complexity index is 446. The molecule has 0 aliphatic carbocycles. The minimum absolute atomic E-state index is 0.0350. The van der Waals surface area contributed by atoms with Gasteiger partial charge in [0.25, 0.3) is 10.1 Å². The first-order valence-corrected chi connectivity index (χ1v) is 6.78. The quantitative estimate of drug-likeness (QED) is 0.629. The molecule has 1 saturated heterocycles. The molecule has 1 aliphatic heterocycles. The fraction of sp³-hybridized carbons (Fsp3) is 0.750. The van der Waals surface area contributed by atoms with Crippen molar-refractivity contribution >= 4 is 10.1 Å². The molecule has 0 spiro atoms. The molecule has 17 heavy (non-hydrogen) atoms. The molecular weight excluding hydrogens is 250 g/mol. The number of nitrogens with zero attached hydrogens (tertiary/aromatic N) is 3. The maximum atomic E-state index is 10.8. The number of aromatic nitrogens is 3. The summed E-state index contributed by atoms with van der Waals surface area (Å²) < 4.78 is 38.5. The summed E-state index contributed by atoms with van der Waals surface area (Å²) in [7, 11) is -3.44. The van der Waals surface area contributed by atoms with Crippen molar-refractivity contribution in [3.05, 3.63) is 12.7 Å². The summed E-state index contributed by atoms with van der Waals surface area (Å²) in [6.45, 7) is 0.678. The minimum Gasteiger partial charge on any atom is -0.348 e. The van der Waals surface area contributed by atoms with Gasteiger partial charge in [0, 0.05) is 0 Å². The Morgan fingerprint density at radius 3 is 3.06 bits per heavy atom. The van der Waals surface area contributed by atoms with Crippen LogP contribution >= 0.6 is 0 Å². The van der Waals surface area contributed by atoms with Gasteiger partial charge in [-0.05, 0) is 0 Å². The molecule has 8 nitrogen and oxygen atoms in total. The molecule has 1 fully saturated rings. The van der Waals surface area contributed by atoms with Gasteiger partial charge in [0.05, 0.1) is 26.0 Å². The van der Waals surface area contributed by atoms with Crippen molar-refractivity contribution in [3.63, 3.8) is 0 Å². The Balaban J connectivity index is 1.76. The van der Waals surface area contributed by atoms with Crippen molar-refractivity contribution in [2.45, 2.75) is 18.9 Å². The molecule has 1 aliphatic rings. The van der Waals surface area contributed by atoms with Crippen molar-refractivity contribution in [2.24, 2.45) is 0 Å². The first-order chi connectivity index (χ1) is 8.03. The maximum absolute atomic E-state index is 10.8. The van der Waals surface area contributed by atoms with Crippen molar-refractivity contribution in [1.29, 1.82) is 0 Å². The highest BCUT2D eigenvalue weighted by molar-refractivity contribution is 7.85. The Labute approximate surface area is 98.6 Å². The highest BCUT2D eigenvalue weighted by Crippen LogP contribution is 2.13. The number of hydrogen-bond acceptors (Lipinski definition) is 7. The van der Waals surface area contributed by atoms with E-state index in [4.69, 9.17) is 9.47 Å². The van der Waals surface area contributed by atoms with Crippen molar-refractivity contribution in [2.75, 3.05) is 19.5 Å². The first kappa shape index (κ1) is 12.4. The van der Waals surface area contributed by atoms with Gasteiger partial charge in [-0.25, -0.2) is 9.67 Å². The van der Waals surface area contributed by atoms with E-state index >= 15 is 0 Å². The third-order valence-corrected chi connectivity index (χ3v) is 2.65. The average Bonchev–Trinajstić information content (AvgIpc) is 2.86. The molecular formula is C8H13N3O5S. The summed E-state index contributed by atoms with van der Waals surface area (Å²) in [5.41, 5.74) is 0. The van der Waals surface area contributed by atoms with Gasteiger partial charge in [-0.1, -0.05) is 0 Å². The summed E-state index contributed by atoms with van der Waals surface area (Å²) in [6, 6.07) is 0. The van der Waals surface area contributed by atoms with Crippen LogP contribution in [0.1, 0.15) is 0 Å². The second kappa shape index (κ2) is 5.08. The van der Waals surface area contributed by atoms with E-state index < -0.39 is 16.4 Å². The third kappa shape index (κ3) is 4.04. The van der Waals surface area contributed by atoms with Crippen LogP contribution in [0.4, 0.5) is 0 Å². The van der Waals surface area contributed by atoms with E-state index in [1.165, 1.54) is 6.33 Å². The minimum atomic E-state index is -3.44. The van der Waals surface area contributed by atoms with Crippen molar-refractivity contribution in [1.82, 2.24) is 14.8 Å². The molecule has 2 unspecified atom stereocenters. The summed E-state index contributed by atoms with van der Waals surface area (Å²) in [4.78, 5) is 3.79. The summed E-state index contributed by atoms with van der Waals surface area (Å²) in [5.74, 6) is 0. The number of hydrogen-bond donors (Lipinski definition) is 0. The van der Waals surface area contributed by atoms with Crippen LogP contribution in [0.2, 0.25) is 0 Å². The largest absolute Gasteiger partial charge is 0.348 e. The van der Waals surface area contributed by atoms with E-state index in [0.717, 1.165) is 6.26 Å². The van der Waals surface area contributed by atoms with Gasteiger partial charge < -0.3 is 9.47 Å². The normalized spacial score (nSPS) is 25.2.